The lowest BCUT2D eigenvalue weighted by atomic mass is 9.84. The number of alkyl halides is 2. The third kappa shape index (κ3) is 3.09. The summed E-state index contributed by atoms with van der Waals surface area (Å²) in [4.78, 5) is 28.0. The molecule has 0 radical (unpaired) electrons. The van der Waals surface area contributed by atoms with Gasteiger partial charge in [-0.3, -0.25) is 14.7 Å². The standard InChI is InChI=1S/C20H17F2N5O2S/c1-27-18(28)20(26-19(27)23,16-5-3-4-14(25-16)17(21)22)12-6-11(7-13(8-12)29-2)15-9-24-10-30-15/h3-10,17H,1-2H3,(H2,23,26). The Morgan fingerprint density at radius 1 is 1.27 bits per heavy atom. The quantitative estimate of drug-likeness (QED) is 0.672. The Hall–Kier alpha value is -3.40. The van der Waals surface area contributed by atoms with Crippen LogP contribution < -0.4 is 10.5 Å². The number of hydrogen-bond donors (Lipinski definition) is 1. The van der Waals surface area contributed by atoms with Gasteiger partial charge in [0.15, 0.2) is 5.96 Å². The van der Waals surface area contributed by atoms with Gasteiger partial charge in [-0.15, -0.1) is 11.3 Å². The van der Waals surface area contributed by atoms with E-state index in [4.69, 9.17) is 10.5 Å². The highest BCUT2D eigenvalue weighted by Gasteiger charge is 2.51. The zero-order valence-corrected chi connectivity index (χ0v) is 16.9. The highest BCUT2D eigenvalue weighted by Crippen LogP contribution is 2.42. The number of carbonyl (C=O) groups is 1. The summed E-state index contributed by atoms with van der Waals surface area (Å²) in [7, 11) is 2.97. The largest absolute Gasteiger partial charge is 0.497 e. The summed E-state index contributed by atoms with van der Waals surface area (Å²) in [5.41, 5.74) is 6.69. The smallest absolute Gasteiger partial charge is 0.280 e. The van der Waals surface area contributed by atoms with Gasteiger partial charge < -0.3 is 10.5 Å². The van der Waals surface area contributed by atoms with Crippen LogP contribution in [-0.2, 0) is 10.3 Å². The highest BCUT2D eigenvalue weighted by atomic mass is 32.1. The van der Waals surface area contributed by atoms with Gasteiger partial charge in [-0.25, -0.2) is 18.8 Å². The molecule has 0 fully saturated rings. The van der Waals surface area contributed by atoms with Crippen LogP contribution in [0.3, 0.4) is 0 Å². The van der Waals surface area contributed by atoms with Crippen LogP contribution in [0, 0.1) is 0 Å². The SMILES string of the molecule is COc1cc(-c2cncs2)cc(C2(c3cccc(C(F)F)n3)N=C(N)N(C)C2=O)c1. The minimum absolute atomic E-state index is 0.0357. The number of rotatable bonds is 5. The topological polar surface area (TPSA) is 93.7 Å². The number of pyridine rings is 1. The highest BCUT2D eigenvalue weighted by molar-refractivity contribution is 7.13. The number of benzene rings is 1. The molecular formula is C20H17F2N5O2S. The first-order chi connectivity index (χ1) is 14.4. The van der Waals surface area contributed by atoms with E-state index in [1.165, 1.54) is 48.6 Å². The first-order valence-electron chi connectivity index (χ1n) is 8.84. The number of aromatic nitrogens is 2. The molecule has 30 heavy (non-hydrogen) atoms. The number of ether oxygens (including phenoxy) is 1. The van der Waals surface area contributed by atoms with Crippen LogP contribution in [0.4, 0.5) is 8.78 Å². The van der Waals surface area contributed by atoms with Crippen LogP contribution in [0.1, 0.15) is 23.4 Å². The summed E-state index contributed by atoms with van der Waals surface area (Å²) in [5, 5.41) is 0. The maximum absolute atomic E-state index is 13.4. The molecule has 0 bridgehead atoms. The molecule has 1 aliphatic heterocycles. The second-order valence-electron chi connectivity index (χ2n) is 6.61. The van der Waals surface area contributed by atoms with E-state index in [2.05, 4.69) is 15.0 Å². The van der Waals surface area contributed by atoms with Gasteiger partial charge in [-0.05, 0) is 41.5 Å². The van der Waals surface area contributed by atoms with Crippen molar-refractivity contribution in [1.29, 1.82) is 0 Å². The molecule has 2 aromatic heterocycles. The van der Waals surface area contributed by atoms with E-state index in [1.807, 2.05) is 0 Å². The predicted octanol–water partition coefficient (Wildman–Crippen LogP) is 3.18. The molecule has 0 aliphatic carbocycles. The molecule has 1 atom stereocenters. The molecule has 1 unspecified atom stereocenters. The van der Waals surface area contributed by atoms with Crippen LogP contribution in [0.5, 0.6) is 5.75 Å². The maximum atomic E-state index is 13.4. The Morgan fingerprint density at radius 2 is 2.07 bits per heavy atom. The summed E-state index contributed by atoms with van der Waals surface area (Å²) in [6.07, 6.45) is -1.11. The molecule has 7 nitrogen and oxygen atoms in total. The molecule has 4 rings (SSSR count). The monoisotopic (exact) mass is 429 g/mol. The number of guanidine groups is 1. The summed E-state index contributed by atoms with van der Waals surface area (Å²) in [5.74, 6) is -0.0646. The van der Waals surface area contributed by atoms with Crippen molar-refractivity contribution in [3.8, 4) is 16.2 Å². The van der Waals surface area contributed by atoms with Gasteiger partial charge in [0.1, 0.15) is 11.4 Å². The Morgan fingerprint density at radius 3 is 2.67 bits per heavy atom. The number of thiazole rings is 1. The summed E-state index contributed by atoms with van der Waals surface area (Å²) in [6.45, 7) is 0. The van der Waals surface area contributed by atoms with Gasteiger partial charge in [0.05, 0.1) is 23.2 Å². The average Bonchev–Trinajstić information content (AvgIpc) is 3.37. The second-order valence-corrected chi connectivity index (χ2v) is 7.50. The zero-order chi connectivity index (χ0) is 21.5. The molecule has 2 N–H and O–H groups in total. The Labute approximate surface area is 174 Å². The van der Waals surface area contributed by atoms with Crippen LogP contribution in [0.15, 0.2) is 53.1 Å². The Kier molecular flexibility index (Phi) is 4.94. The zero-order valence-electron chi connectivity index (χ0n) is 16.0. The first kappa shape index (κ1) is 19.9. The molecule has 1 aromatic carbocycles. The number of nitrogens with zero attached hydrogens (tertiary/aromatic N) is 4. The second kappa shape index (κ2) is 7.45. The van der Waals surface area contributed by atoms with E-state index >= 15 is 0 Å². The molecule has 3 heterocycles. The van der Waals surface area contributed by atoms with Crippen LogP contribution in [-0.4, -0.2) is 40.9 Å². The van der Waals surface area contributed by atoms with Gasteiger partial charge in [0.25, 0.3) is 12.3 Å². The molecule has 1 aliphatic rings. The van der Waals surface area contributed by atoms with E-state index in [9.17, 15) is 13.6 Å². The van der Waals surface area contributed by atoms with E-state index in [0.717, 1.165) is 10.4 Å². The lowest BCUT2D eigenvalue weighted by molar-refractivity contribution is -0.129. The number of nitrogens with two attached hydrogens (primary N) is 1. The molecule has 0 spiro atoms. The number of likely N-dealkylation sites (N-methyl/N-ethyl adjacent to an activating group) is 1. The van der Waals surface area contributed by atoms with Crippen LogP contribution >= 0.6 is 11.3 Å². The Bertz CT molecular complexity index is 1140. The fourth-order valence-electron chi connectivity index (χ4n) is 3.35. The van der Waals surface area contributed by atoms with Crippen molar-refractivity contribution >= 4 is 23.2 Å². The maximum Gasteiger partial charge on any atom is 0.280 e. The normalized spacial score (nSPS) is 18.8. The number of methoxy groups -OCH3 is 1. The lowest BCUT2D eigenvalue weighted by Gasteiger charge is -2.26. The third-order valence-electron chi connectivity index (χ3n) is 4.88. The number of hydrogen-bond acceptors (Lipinski definition) is 7. The molecule has 154 valence electrons. The number of carbonyl (C=O) groups excluding carboxylic acids is 1. The first-order valence-corrected chi connectivity index (χ1v) is 9.72. The van der Waals surface area contributed by atoms with Gasteiger partial charge in [0.2, 0.25) is 5.54 Å². The van der Waals surface area contributed by atoms with Gasteiger partial charge >= 0.3 is 0 Å². The molecule has 1 amide bonds. The minimum Gasteiger partial charge on any atom is -0.497 e. The van der Waals surface area contributed by atoms with Crippen molar-refractivity contribution in [3.05, 3.63) is 65.1 Å². The molecule has 0 saturated carbocycles. The van der Waals surface area contributed by atoms with E-state index < -0.39 is 23.6 Å². The number of aliphatic imine (C=N–C) groups is 1. The summed E-state index contributed by atoms with van der Waals surface area (Å²) < 4.78 is 32.1. The summed E-state index contributed by atoms with van der Waals surface area (Å²) in [6, 6.07) is 9.30. The van der Waals surface area contributed by atoms with Crippen molar-refractivity contribution in [2.24, 2.45) is 10.7 Å². The fraction of sp³-hybridized carbons (Fsp3) is 0.200. The average molecular weight is 429 g/mol. The van der Waals surface area contributed by atoms with Crippen molar-refractivity contribution in [3.63, 3.8) is 0 Å². The third-order valence-corrected chi connectivity index (χ3v) is 5.70. The van der Waals surface area contributed by atoms with Crippen molar-refractivity contribution < 1.29 is 18.3 Å². The van der Waals surface area contributed by atoms with Gasteiger partial charge in [-0.1, -0.05) is 6.07 Å². The molecular weight excluding hydrogens is 412 g/mol. The van der Waals surface area contributed by atoms with Crippen molar-refractivity contribution in [2.75, 3.05) is 14.2 Å². The fourth-order valence-corrected chi connectivity index (χ4v) is 3.96. The van der Waals surface area contributed by atoms with E-state index in [-0.39, 0.29) is 11.7 Å². The molecule has 10 heteroatoms. The minimum atomic E-state index is -2.80. The summed E-state index contributed by atoms with van der Waals surface area (Å²) >= 11 is 1.41. The van der Waals surface area contributed by atoms with Crippen molar-refractivity contribution in [2.45, 2.75) is 12.0 Å². The lowest BCUT2D eigenvalue weighted by Crippen LogP contribution is -2.41. The predicted molar refractivity (Wildman–Crippen MR) is 108 cm³/mol. The molecule has 3 aromatic rings. The number of amides is 1. The number of halogens is 2. The van der Waals surface area contributed by atoms with Crippen molar-refractivity contribution in [1.82, 2.24) is 14.9 Å². The van der Waals surface area contributed by atoms with E-state index in [1.54, 1.807) is 29.9 Å². The molecule has 0 saturated heterocycles. The van der Waals surface area contributed by atoms with Crippen LogP contribution in [0.2, 0.25) is 0 Å². The van der Waals surface area contributed by atoms with Crippen LogP contribution in [0.25, 0.3) is 10.4 Å². The van der Waals surface area contributed by atoms with E-state index in [0.29, 0.717) is 11.3 Å². The Balaban J connectivity index is 2.01. The van der Waals surface area contributed by atoms with Gasteiger partial charge in [0, 0.05) is 13.2 Å². The van der Waals surface area contributed by atoms with Gasteiger partial charge in [-0.2, -0.15) is 0 Å².